The Hall–Kier alpha value is -3.12. The lowest BCUT2D eigenvalue weighted by atomic mass is 10.1. The lowest BCUT2D eigenvalue weighted by Crippen LogP contribution is -2.40. The summed E-state index contributed by atoms with van der Waals surface area (Å²) in [6.45, 7) is 0.357. The largest absolute Gasteiger partial charge is 0.348 e. The Labute approximate surface area is 210 Å². The number of rotatable bonds is 8. The third kappa shape index (κ3) is 6.31. The maximum absolute atomic E-state index is 14.8. The molecule has 1 atom stereocenters. The Balaban J connectivity index is 1.39. The van der Waals surface area contributed by atoms with Crippen LogP contribution in [0, 0.1) is 5.82 Å². The molecule has 12 heteroatoms. The van der Waals surface area contributed by atoms with E-state index < -0.39 is 33.7 Å². The first-order valence-electron chi connectivity index (χ1n) is 10.5. The smallest absolute Gasteiger partial charge is 0.251 e. The summed E-state index contributed by atoms with van der Waals surface area (Å²) in [5, 5.41) is 3.65. The number of sulfonamides is 1. The molecule has 0 spiro atoms. The summed E-state index contributed by atoms with van der Waals surface area (Å²) in [7, 11) is -3.92. The van der Waals surface area contributed by atoms with E-state index in [-0.39, 0.29) is 30.8 Å². The molecule has 3 heterocycles. The van der Waals surface area contributed by atoms with Crippen LogP contribution in [0.2, 0.25) is 4.34 Å². The van der Waals surface area contributed by atoms with Crippen LogP contribution in [0.5, 0.6) is 0 Å². The fourth-order valence-corrected chi connectivity index (χ4v) is 5.56. The van der Waals surface area contributed by atoms with Crippen LogP contribution < -0.4 is 14.9 Å². The van der Waals surface area contributed by atoms with Crippen molar-refractivity contribution in [3.05, 3.63) is 86.4 Å². The van der Waals surface area contributed by atoms with E-state index >= 15 is 0 Å². The summed E-state index contributed by atoms with van der Waals surface area (Å²) in [4.78, 5) is 31.0. The van der Waals surface area contributed by atoms with Crippen molar-refractivity contribution in [1.82, 2.24) is 15.0 Å². The van der Waals surface area contributed by atoms with Gasteiger partial charge in [-0.3, -0.25) is 14.6 Å². The summed E-state index contributed by atoms with van der Waals surface area (Å²) in [5.74, 6) is -1.81. The van der Waals surface area contributed by atoms with Crippen molar-refractivity contribution < 1.29 is 22.4 Å². The first kappa shape index (κ1) is 25.0. The van der Waals surface area contributed by atoms with E-state index in [4.69, 9.17) is 11.6 Å². The fourth-order valence-electron chi connectivity index (χ4n) is 3.49. The van der Waals surface area contributed by atoms with Crippen LogP contribution in [0.4, 0.5) is 10.1 Å². The van der Waals surface area contributed by atoms with Crippen molar-refractivity contribution in [1.29, 1.82) is 0 Å². The number of benzene rings is 1. The number of nitrogens with zero attached hydrogens (tertiary/aromatic N) is 2. The van der Waals surface area contributed by atoms with E-state index in [9.17, 15) is 22.4 Å². The molecule has 4 rings (SSSR count). The van der Waals surface area contributed by atoms with Gasteiger partial charge in [-0.2, -0.15) is 4.72 Å². The summed E-state index contributed by atoms with van der Waals surface area (Å²) < 4.78 is 42.5. The van der Waals surface area contributed by atoms with Gasteiger partial charge in [0.25, 0.3) is 5.91 Å². The summed E-state index contributed by atoms with van der Waals surface area (Å²) in [5.41, 5.74) is 0.866. The van der Waals surface area contributed by atoms with Crippen LogP contribution in [-0.2, 0) is 21.4 Å². The van der Waals surface area contributed by atoms with Gasteiger partial charge >= 0.3 is 0 Å². The van der Waals surface area contributed by atoms with Crippen molar-refractivity contribution >= 4 is 56.5 Å². The van der Waals surface area contributed by atoms with E-state index in [1.807, 2.05) is 0 Å². The highest BCUT2D eigenvalue weighted by atomic mass is 35.5. The van der Waals surface area contributed by atoms with Crippen molar-refractivity contribution in [3.63, 3.8) is 0 Å². The number of nitrogens with one attached hydrogen (secondary N) is 2. The van der Waals surface area contributed by atoms with Gasteiger partial charge in [-0.15, -0.1) is 11.3 Å². The fraction of sp³-hybridized carbons (Fsp3) is 0.174. The second kappa shape index (κ2) is 10.6. The maximum atomic E-state index is 14.8. The number of carbonyl (C=O) groups excluding carboxylic acids is 2. The highest BCUT2D eigenvalue weighted by Crippen LogP contribution is 2.26. The lowest BCUT2D eigenvalue weighted by molar-refractivity contribution is -0.118. The molecule has 1 aliphatic rings. The summed E-state index contributed by atoms with van der Waals surface area (Å²) in [6, 6.07) is 9.63. The number of anilines is 1. The SMILES string of the molecule is O=C(NCc1cccnc1)c1ccc(N2CCC(NS(=O)(=O)/C=C/c3ccc(Cl)s3)C2=O)c(F)c1. The van der Waals surface area contributed by atoms with Crippen molar-refractivity contribution in [2.24, 2.45) is 0 Å². The molecule has 2 amide bonds. The predicted octanol–water partition coefficient (Wildman–Crippen LogP) is 3.56. The van der Waals surface area contributed by atoms with Gasteiger partial charge in [0, 0.05) is 41.3 Å². The zero-order valence-corrected chi connectivity index (χ0v) is 20.5. The van der Waals surface area contributed by atoms with E-state index in [2.05, 4.69) is 15.0 Å². The van der Waals surface area contributed by atoms with Crippen molar-refractivity contribution in [2.75, 3.05) is 11.4 Å². The number of halogens is 2. The number of thiophene rings is 1. The summed E-state index contributed by atoms with van der Waals surface area (Å²) >= 11 is 7.05. The van der Waals surface area contributed by atoms with Gasteiger partial charge in [-0.05, 0) is 54.5 Å². The topological polar surface area (TPSA) is 108 Å². The molecule has 8 nitrogen and oxygen atoms in total. The standard InChI is InChI=1S/C23H20ClFN4O4S2/c24-21-6-4-17(34-21)8-11-35(32,33)28-19-7-10-29(23(19)31)20-5-3-16(12-18(20)25)22(30)27-14-15-2-1-9-26-13-15/h1-6,8-9,11-13,19,28H,7,10,14H2,(H,27,30)/b11-8+. The van der Waals surface area contributed by atoms with E-state index in [1.165, 1.54) is 34.4 Å². The Kier molecular flexibility index (Phi) is 7.60. The third-order valence-corrected chi connectivity index (χ3v) is 7.50. The normalized spacial score (nSPS) is 16.2. The number of hydrogen-bond donors (Lipinski definition) is 2. The van der Waals surface area contributed by atoms with Gasteiger partial charge in [0.05, 0.1) is 10.0 Å². The quantitative estimate of drug-likeness (QED) is 0.459. The Bertz CT molecular complexity index is 1380. The second-order valence-electron chi connectivity index (χ2n) is 7.65. The molecule has 0 bridgehead atoms. The highest BCUT2D eigenvalue weighted by Gasteiger charge is 2.36. The lowest BCUT2D eigenvalue weighted by Gasteiger charge is -2.18. The van der Waals surface area contributed by atoms with Crippen LogP contribution in [0.3, 0.4) is 0 Å². The molecule has 1 unspecified atom stereocenters. The molecule has 0 aliphatic carbocycles. The molecule has 1 aromatic carbocycles. The Morgan fingerprint density at radius 1 is 1.29 bits per heavy atom. The van der Waals surface area contributed by atoms with Gasteiger partial charge in [0.15, 0.2) is 0 Å². The zero-order chi connectivity index (χ0) is 25.0. The number of hydrogen-bond acceptors (Lipinski definition) is 6. The minimum absolute atomic E-state index is 0.0238. The van der Waals surface area contributed by atoms with Gasteiger partial charge in [0.2, 0.25) is 15.9 Å². The molecule has 2 aromatic heterocycles. The second-order valence-corrected chi connectivity index (χ2v) is 11.0. The summed E-state index contributed by atoms with van der Waals surface area (Å²) in [6.07, 6.45) is 4.78. The van der Waals surface area contributed by atoms with Crippen LogP contribution >= 0.6 is 22.9 Å². The number of carbonyl (C=O) groups is 2. The highest BCUT2D eigenvalue weighted by molar-refractivity contribution is 7.92. The number of amides is 2. The Morgan fingerprint density at radius 2 is 2.11 bits per heavy atom. The molecular formula is C23H20ClFN4O4S2. The molecule has 2 N–H and O–H groups in total. The molecular weight excluding hydrogens is 515 g/mol. The van der Waals surface area contributed by atoms with Crippen LogP contribution in [-0.4, -0.2) is 37.8 Å². The first-order valence-corrected chi connectivity index (χ1v) is 13.2. The van der Waals surface area contributed by atoms with Crippen LogP contribution in [0.25, 0.3) is 6.08 Å². The Morgan fingerprint density at radius 3 is 2.80 bits per heavy atom. The first-order chi connectivity index (χ1) is 16.7. The zero-order valence-electron chi connectivity index (χ0n) is 18.1. The molecule has 1 fully saturated rings. The van der Waals surface area contributed by atoms with E-state index in [0.717, 1.165) is 17.0 Å². The molecule has 182 valence electrons. The molecule has 1 aliphatic heterocycles. The average Bonchev–Trinajstić information content (AvgIpc) is 3.42. The van der Waals surface area contributed by atoms with Crippen molar-refractivity contribution in [3.8, 4) is 0 Å². The molecule has 1 saturated heterocycles. The van der Waals surface area contributed by atoms with Crippen LogP contribution in [0.15, 0.2) is 60.3 Å². The van der Waals surface area contributed by atoms with E-state index in [1.54, 1.807) is 36.7 Å². The molecule has 3 aromatic rings. The van der Waals surface area contributed by atoms with Crippen LogP contribution in [0.1, 0.15) is 27.2 Å². The van der Waals surface area contributed by atoms with Gasteiger partial charge in [-0.1, -0.05) is 17.7 Å². The monoisotopic (exact) mass is 534 g/mol. The maximum Gasteiger partial charge on any atom is 0.251 e. The van der Waals surface area contributed by atoms with Gasteiger partial charge in [-0.25, -0.2) is 12.8 Å². The minimum Gasteiger partial charge on any atom is -0.348 e. The number of pyridine rings is 1. The predicted molar refractivity (Wildman–Crippen MR) is 133 cm³/mol. The number of aromatic nitrogens is 1. The molecule has 0 saturated carbocycles. The third-order valence-electron chi connectivity index (χ3n) is 5.19. The minimum atomic E-state index is -3.92. The molecule has 35 heavy (non-hydrogen) atoms. The van der Waals surface area contributed by atoms with E-state index in [0.29, 0.717) is 9.21 Å². The van der Waals surface area contributed by atoms with Gasteiger partial charge in [0.1, 0.15) is 11.9 Å². The molecule has 0 radical (unpaired) electrons. The van der Waals surface area contributed by atoms with Gasteiger partial charge < -0.3 is 10.2 Å². The van der Waals surface area contributed by atoms with Crippen molar-refractivity contribution in [2.45, 2.75) is 19.0 Å². The average molecular weight is 535 g/mol.